The number of carbonyl (C=O) groups excluding carboxylic acids is 1. The van der Waals surface area contributed by atoms with Gasteiger partial charge in [0.15, 0.2) is 5.60 Å². The molecule has 1 aromatic rings. The third-order valence-electron chi connectivity index (χ3n) is 4.00. The summed E-state index contributed by atoms with van der Waals surface area (Å²) in [5, 5.41) is 10.4. The normalized spacial score (nSPS) is 25.0. The average Bonchev–Trinajstić information content (AvgIpc) is 3.05. The number of nitrogens with zero attached hydrogens (tertiary/aromatic N) is 1. The van der Waals surface area contributed by atoms with Gasteiger partial charge in [-0.15, -0.1) is 0 Å². The summed E-state index contributed by atoms with van der Waals surface area (Å²) in [7, 11) is -3.93. The fourth-order valence-electron chi connectivity index (χ4n) is 2.73. The van der Waals surface area contributed by atoms with Gasteiger partial charge in [0.1, 0.15) is 10.6 Å². The molecule has 0 radical (unpaired) electrons. The van der Waals surface area contributed by atoms with Gasteiger partial charge in [-0.05, 0) is 12.1 Å². The number of fused-ring (bicyclic) bond motifs is 1. The van der Waals surface area contributed by atoms with Crippen LogP contribution >= 0.6 is 11.6 Å². The van der Waals surface area contributed by atoms with Crippen LogP contribution in [0.25, 0.3) is 0 Å². The van der Waals surface area contributed by atoms with Crippen molar-refractivity contribution in [2.75, 3.05) is 19.7 Å². The first-order valence-corrected chi connectivity index (χ1v) is 8.53. The van der Waals surface area contributed by atoms with Gasteiger partial charge in [-0.3, -0.25) is 4.79 Å². The fourth-order valence-corrected chi connectivity index (χ4v) is 4.73. The molecule has 22 heavy (non-hydrogen) atoms. The van der Waals surface area contributed by atoms with E-state index in [9.17, 15) is 18.3 Å². The Balaban J connectivity index is 2.01. The van der Waals surface area contributed by atoms with Gasteiger partial charge < -0.3 is 15.6 Å². The van der Waals surface area contributed by atoms with Gasteiger partial charge >= 0.3 is 0 Å². The lowest BCUT2D eigenvalue weighted by molar-refractivity contribution is -0.134. The lowest BCUT2D eigenvalue weighted by atomic mass is 10.0. The largest absolute Gasteiger partial charge is 0.492 e. The third kappa shape index (κ3) is 2.36. The molecule has 1 aromatic carbocycles. The fraction of sp³-hybridized carbons (Fsp3) is 0.462. The standard InChI is InChI=1S/C13H15ClN2O5S/c14-9-5-8-1-4-21-11(8)10(6-9)22(19,20)16-3-2-13(18,7-16)12(15)17/h5-6,18H,1-4,7H2,(H2,15,17)/t13-/m0/s1. The molecule has 9 heteroatoms. The summed E-state index contributed by atoms with van der Waals surface area (Å²) in [6.45, 7) is 0.0262. The molecule has 0 spiro atoms. The second-order valence-corrected chi connectivity index (χ2v) is 7.82. The average molecular weight is 347 g/mol. The molecule has 120 valence electrons. The van der Waals surface area contributed by atoms with Crippen LogP contribution in [0.4, 0.5) is 0 Å². The molecule has 7 nitrogen and oxygen atoms in total. The van der Waals surface area contributed by atoms with E-state index in [0.717, 1.165) is 9.87 Å². The Morgan fingerprint density at radius 2 is 2.18 bits per heavy atom. The molecule has 0 unspecified atom stereocenters. The maximum atomic E-state index is 12.8. The molecule has 1 amide bonds. The molecule has 3 N–H and O–H groups in total. The van der Waals surface area contributed by atoms with Crippen molar-refractivity contribution in [3.63, 3.8) is 0 Å². The van der Waals surface area contributed by atoms with Crippen LogP contribution in [-0.2, 0) is 21.2 Å². The summed E-state index contributed by atoms with van der Waals surface area (Å²) >= 11 is 5.99. The number of ether oxygens (including phenoxy) is 1. The van der Waals surface area contributed by atoms with Gasteiger partial charge in [0.2, 0.25) is 10.0 Å². The molecule has 2 heterocycles. The number of sulfonamides is 1. The van der Waals surface area contributed by atoms with Crippen molar-refractivity contribution in [3.05, 3.63) is 22.7 Å². The van der Waals surface area contributed by atoms with Crippen molar-refractivity contribution < 1.29 is 23.1 Å². The van der Waals surface area contributed by atoms with Crippen molar-refractivity contribution in [1.29, 1.82) is 0 Å². The van der Waals surface area contributed by atoms with E-state index in [1.165, 1.54) is 6.07 Å². The van der Waals surface area contributed by atoms with Crippen molar-refractivity contribution in [3.8, 4) is 5.75 Å². The molecule has 0 saturated carbocycles. The summed E-state index contributed by atoms with van der Waals surface area (Å²) in [4.78, 5) is 11.2. The van der Waals surface area contributed by atoms with Gasteiger partial charge in [0.25, 0.3) is 5.91 Å². The zero-order chi connectivity index (χ0) is 16.1. The highest BCUT2D eigenvalue weighted by atomic mass is 35.5. The van der Waals surface area contributed by atoms with Gasteiger partial charge in [-0.25, -0.2) is 8.42 Å². The van der Waals surface area contributed by atoms with Gasteiger partial charge in [-0.2, -0.15) is 4.31 Å². The van der Waals surface area contributed by atoms with E-state index >= 15 is 0 Å². The molecule has 0 aromatic heterocycles. The van der Waals surface area contributed by atoms with Gasteiger partial charge in [0, 0.05) is 30.0 Å². The van der Waals surface area contributed by atoms with E-state index in [0.29, 0.717) is 23.8 Å². The first kappa shape index (κ1) is 15.5. The summed E-state index contributed by atoms with van der Waals surface area (Å²) in [5.74, 6) is -0.642. The molecule has 0 bridgehead atoms. The second-order valence-electron chi connectivity index (χ2n) is 5.48. The van der Waals surface area contributed by atoms with Crippen molar-refractivity contribution >= 4 is 27.5 Å². The minimum Gasteiger partial charge on any atom is -0.492 e. The van der Waals surface area contributed by atoms with Crippen LogP contribution in [0.2, 0.25) is 5.02 Å². The molecular formula is C13H15ClN2O5S. The van der Waals surface area contributed by atoms with Crippen LogP contribution < -0.4 is 10.5 Å². The second kappa shape index (κ2) is 5.09. The number of aliphatic hydroxyl groups is 1. The van der Waals surface area contributed by atoms with Crippen molar-refractivity contribution in [2.45, 2.75) is 23.3 Å². The summed E-state index contributed by atoms with van der Waals surface area (Å²) in [6.07, 6.45) is 0.550. The van der Waals surface area contributed by atoms with Gasteiger partial charge in [0.05, 0.1) is 13.2 Å². The Hall–Kier alpha value is -1.35. The maximum Gasteiger partial charge on any atom is 0.250 e. The molecule has 3 rings (SSSR count). The quantitative estimate of drug-likeness (QED) is 0.793. The molecular weight excluding hydrogens is 332 g/mol. The smallest absolute Gasteiger partial charge is 0.250 e. The van der Waals surface area contributed by atoms with E-state index in [2.05, 4.69) is 0 Å². The van der Waals surface area contributed by atoms with Crippen LogP contribution in [-0.4, -0.2) is 49.0 Å². The molecule has 1 saturated heterocycles. The van der Waals surface area contributed by atoms with Crippen molar-refractivity contribution in [2.24, 2.45) is 5.73 Å². The number of benzene rings is 1. The minimum absolute atomic E-state index is 0.00304. The van der Waals surface area contributed by atoms with E-state index in [1.54, 1.807) is 6.07 Å². The van der Waals surface area contributed by atoms with Gasteiger partial charge in [-0.1, -0.05) is 11.6 Å². The molecule has 0 aliphatic carbocycles. The molecule has 2 aliphatic rings. The SMILES string of the molecule is NC(=O)[C@]1(O)CCN(S(=O)(=O)c2cc(Cl)cc3c2OCC3)C1. The number of amides is 1. The highest BCUT2D eigenvalue weighted by molar-refractivity contribution is 7.89. The van der Waals surface area contributed by atoms with E-state index < -0.39 is 21.5 Å². The number of hydrogen-bond acceptors (Lipinski definition) is 5. The van der Waals surface area contributed by atoms with Crippen molar-refractivity contribution in [1.82, 2.24) is 4.31 Å². The Kier molecular flexibility index (Phi) is 3.59. The Morgan fingerprint density at radius 1 is 1.45 bits per heavy atom. The Labute approximate surface area is 132 Å². The number of carbonyl (C=O) groups is 1. The predicted octanol–water partition coefficient (Wildman–Crippen LogP) is -0.114. The first-order valence-electron chi connectivity index (χ1n) is 6.72. The topological polar surface area (TPSA) is 110 Å². The number of nitrogens with two attached hydrogens (primary N) is 1. The highest BCUT2D eigenvalue weighted by Gasteiger charge is 2.46. The van der Waals surface area contributed by atoms with Crippen LogP contribution in [0.15, 0.2) is 17.0 Å². The van der Waals surface area contributed by atoms with E-state index in [1.807, 2.05) is 0 Å². The number of halogens is 1. The summed E-state index contributed by atoms with van der Waals surface area (Å²) in [5.41, 5.74) is 4.03. The van der Waals surface area contributed by atoms with E-state index in [-0.39, 0.29) is 24.4 Å². The lowest BCUT2D eigenvalue weighted by Gasteiger charge is -2.21. The number of hydrogen-bond donors (Lipinski definition) is 2. The monoisotopic (exact) mass is 346 g/mol. The Morgan fingerprint density at radius 3 is 2.82 bits per heavy atom. The zero-order valence-corrected chi connectivity index (χ0v) is 13.2. The third-order valence-corrected chi connectivity index (χ3v) is 6.07. The molecule has 1 fully saturated rings. The Bertz CT molecular complexity index is 751. The number of β-amino-alcohol motifs (C(OH)–C–C–N with tert-alkyl or cyclic N) is 1. The van der Waals surface area contributed by atoms with E-state index in [4.69, 9.17) is 22.1 Å². The van der Waals surface area contributed by atoms with Crippen LogP contribution in [0.3, 0.4) is 0 Å². The van der Waals surface area contributed by atoms with Crippen LogP contribution in [0, 0.1) is 0 Å². The predicted molar refractivity (Wildman–Crippen MR) is 78.2 cm³/mol. The first-order chi connectivity index (χ1) is 10.2. The summed E-state index contributed by atoms with van der Waals surface area (Å²) in [6, 6.07) is 3.00. The lowest BCUT2D eigenvalue weighted by Crippen LogP contribution is -2.46. The number of rotatable bonds is 3. The van der Waals surface area contributed by atoms with Crippen LogP contribution in [0.5, 0.6) is 5.75 Å². The molecule has 2 aliphatic heterocycles. The highest BCUT2D eigenvalue weighted by Crippen LogP contribution is 2.38. The summed E-state index contributed by atoms with van der Waals surface area (Å²) < 4.78 is 32.0. The van der Waals surface area contributed by atoms with Crippen LogP contribution in [0.1, 0.15) is 12.0 Å². The maximum absolute atomic E-state index is 12.8. The number of primary amides is 1. The zero-order valence-electron chi connectivity index (χ0n) is 11.6. The molecule has 1 atom stereocenters. The minimum atomic E-state index is -3.93.